The molecule has 0 saturated carbocycles. The third-order valence-corrected chi connectivity index (χ3v) is 4.63. The number of rotatable bonds is 4. The number of amides is 3. The van der Waals surface area contributed by atoms with Gasteiger partial charge in [0.1, 0.15) is 0 Å². The summed E-state index contributed by atoms with van der Waals surface area (Å²) < 4.78 is 2.94. The van der Waals surface area contributed by atoms with Crippen molar-refractivity contribution in [2.45, 2.75) is 9.33 Å². The fraction of sp³-hybridized carbons (Fsp3) is 0.167. The summed E-state index contributed by atoms with van der Waals surface area (Å²) >= 11 is 16.7. The van der Waals surface area contributed by atoms with E-state index >= 15 is 0 Å². The maximum atomic E-state index is 13.3. The quantitative estimate of drug-likeness (QED) is 0.338. The highest BCUT2D eigenvalue weighted by atomic mass is 35.6. The van der Waals surface area contributed by atoms with E-state index in [0.29, 0.717) is 11.1 Å². The second-order valence-electron chi connectivity index (χ2n) is 5.75. The smallest absolute Gasteiger partial charge is 0.328 e. The van der Waals surface area contributed by atoms with Crippen molar-refractivity contribution in [3.63, 3.8) is 0 Å². The van der Waals surface area contributed by atoms with E-state index in [1.54, 1.807) is 48.5 Å². The zero-order valence-corrected chi connectivity index (χ0v) is 16.1. The molecular formula is C18H14Cl3N3O3. The van der Waals surface area contributed by atoms with Crippen LogP contribution in [0.15, 0.2) is 60.7 Å². The van der Waals surface area contributed by atoms with E-state index in [-0.39, 0.29) is 0 Å². The number of carbonyl (C=O) groups excluding carboxylic acids is 2. The van der Waals surface area contributed by atoms with Gasteiger partial charge < -0.3 is 10.1 Å². The molecule has 6 nitrogen and oxygen atoms in total. The van der Waals surface area contributed by atoms with Gasteiger partial charge in [0, 0.05) is 0 Å². The Labute approximate surface area is 170 Å². The van der Waals surface area contributed by atoms with E-state index in [2.05, 4.69) is 5.32 Å². The van der Waals surface area contributed by atoms with Crippen LogP contribution in [0, 0.1) is 5.41 Å². The molecule has 27 heavy (non-hydrogen) atoms. The molecule has 3 rings (SSSR count). The Balaban J connectivity index is 1.98. The van der Waals surface area contributed by atoms with Crippen LogP contribution in [-0.4, -0.2) is 33.3 Å². The number of alkyl halides is 3. The Hall–Kier alpha value is -2.28. The number of ether oxygens (including phenoxy) is 1. The summed E-state index contributed by atoms with van der Waals surface area (Å²) in [5, 5.41) is 10.3. The van der Waals surface area contributed by atoms with Crippen LogP contribution in [0.4, 0.5) is 4.79 Å². The molecule has 140 valence electrons. The summed E-state index contributed by atoms with van der Waals surface area (Å²) in [6.07, 6.45) is 0. The molecule has 3 amide bonds. The van der Waals surface area contributed by atoms with E-state index in [4.69, 9.17) is 44.9 Å². The van der Waals surface area contributed by atoms with Gasteiger partial charge in [-0.1, -0.05) is 95.5 Å². The van der Waals surface area contributed by atoms with Gasteiger partial charge in [-0.05, 0) is 11.1 Å². The highest BCUT2D eigenvalue weighted by Crippen LogP contribution is 2.36. The minimum atomic E-state index is -2.09. The molecule has 2 aromatic carbocycles. The molecule has 1 saturated heterocycles. The molecule has 0 aromatic heterocycles. The summed E-state index contributed by atoms with van der Waals surface area (Å²) in [5.41, 5.74) is -0.229. The van der Waals surface area contributed by atoms with Crippen molar-refractivity contribution in [1.29, 1.82) is 5.41 Å². The van der Waals surface area contributed by atoms with E-state index in [1.165, 1.54) is 0 Å². The van der Waals surface area contributed by atoms with Crippen LogP contribution in [0.25, 0.3) is 0 Å². The molecule has 0 unspecified atom stereocenters. The molecule has 2 aromatic rings. The molecule has 0 radical (unpaired) electrons. The Kier molecular flexibility index (Phi) is 5.33. The van der Waals surface area contributed by atoms with E-state index in [1.807, 2.05) is 12.1 Å². The molecule has 1 aliphatic heterocycles. The topological polar surface area (TPSA) is 82.5 Å². The van der Waals surface area contributed by atoms with Crippen molar-refractivity contribution < 1.29 is 14.3 Å². The number of imide groups is 1. The van der Waals surface area contributed by atoms with Gasteiger partial charge in [0.05, 0.1) is 0 Å². The summed E-state index contributed by atoms with van der Waals surface area (Å²) in [5.74, 6) is -1.24. The first-order valence-electron chi connectivity index (χ1n) is 7.80. The summed E-state index contributed by atoms with van der Waals surface area (Å²) in [4.78, 5) is 26.7. The van der Waals surface area contributed by atoms with Gasteiger partial charge in [-0.2, -0.15) is 0 Å². The molecule has 2 N–H and O–H groups in total. The lowest BCUT2D eigenvalue weighted by Gasteiger charge is -2.28. The third-order valence-electron chi connectivity index (χ3n) is 4.11. The number of hydrogen-bond donors (Lipinski definition) is 2. The molecular weight excluding hydrogens is 413 g/mol. The number of carbonyl (C=O) groups is 2. The summed E-state index contributed by atoms with van der Waals surface area (Å²) in [6, 6.07) is 17.0. The average Bonchev–Trinajstić information content (AvgIpc) is 2.91. The normalized spacial score (nSPS) is 16.2. The lowest BCUT2D eigenvalue weighted by molar-refractivity contribution is -0.132. The second kappa shape index (κ2) is 7.38. The zero-order chi connectivity index (χ0) is 19.7. The maximum Gasteiger partial charge on any atom is 0.328 e. The number of nitrogens with one attached hydrogen (secondary N) is 2. The monoisotopic (exact) mass is 425 g/mol. The lowest BCUT2D eigenvalue weighted by Crippen LogP contribution is -2.45. The minimum Gasteiger partial charge on any atom is -0.456 e. The van der Waals surface area contributed by atoms with Crippen LogP contribution < -0.4 is 5.32 Å². The van der Waals surface area contributed by atoms with Crippen molar-refractivity contribution in [3.05, 3.63) is 71.8 Å². The average molecular weight is 427 g/mol. The molecule has 0 atom stereocenters. The van der Waals surface area contributed by atoms with Crippen molar-refractivity contribution in [1.82, 2.24) is 10.2 Å². The Morgan fingerprint density at radius 1 is 1.00 bits per heavy atom. The number of urea groups is 1. The molecule has 0 bridgehead atoms. The number of nitrogens with zero attached hydrogens (tertiary/aromatic N) is 1. The van der Waals surface area contributed by atoms with Gasteiger partial charge in [0.15, 0.2) is 12.3 Å². The first kappa shape index (κ1) is 19.5. The van der Waals surface area contributed by atoms with Gasteiger partial charge in [-0.25, -0.2) is 9.69 Å². The zero-order valence-electron chi connectivity index (χ0n) is 13.8. The number of benzene rings is 2. The van der Waals surface area contributed by atoms with Crippen molar-refractivity contribution in [3.8, 4) is 0 Å². The maximum absolute atomic E-state index is 13.3. The predicted octanol–water partition coefficient (Wildman–Crippen LogP) is 3.80. The van der Waals surface area contributed by atoms with E-state index < -0.39 is 33.9 Å². The number of hydrogen-bond acceptors (Lipinski definition) is 4. The summed E-state index contributed by atoms with van der Waals surface area (Å²) in [7, 11) is 0. The second-order valence-corrected chi connectivity index (χ2v) is 8.03. The SMILES string of the molecule is N=C(OCN1C(=O)NC(c2ccccc2)(c2ccccc2)C1=O)C(Cl)(Cl)Cl. The fourth-order valence-corrected chi connectivity index (χ4v) is 3.00. The lowest BCUT2D eigenvalue weighted by atomic mass is 9.83. The highest BCUT2D eigenvalue weighted by molar-refractivity contribution is 6.76. The molecule has 1 fully saturated rings. The van der Waals surface area contributed by atoms with Crippen LogP contribution in [0.3, 0.4) is 0 Å². The predicted molar refractivity (Wildman–Crippen MR) is 103 cm³/mol. The van der Waals surface area contributed by atoms with Gasteiger partial charge in [-0.3, -0.25) is 10.2 Å². The fourth-order valence-electron chi connectivity index (χ4n) is 2.84. The van der Waals surface area contributed by atoms with Gasteiger partial charge in [0.25, 0.3) is 9.70 Å². The van der Waals surface area contributed by atoms with Gasteiger partial charge in [0.2, 0.25) is 5.90 Å². The van der Waals surface area contributed by atoms with Crippen molar-refractivity contribution in [2.75, 3.05) is 6.73 Å². The van der Waals surface area contributed by atoms with Crippen molar-refractivity contribution >= 4 is 52.6 Å². The van der Waals surface area contributed by atoms with Gasteiger partial charge >= 0.3 is 6.03 Å². The Morgan fingerprint density at radius 2 is 1.48 bits per heavy atom. The molecule has 0 aliphatic carbocycles. The number of halogens is 3. The van der Waals surface area contributed by atoms with Crippen LogP contribution in [0.2, 0.25) is 0 Å². The van der Waals surface area contributed by atoms with E-state index in [9.17, 15) is 9.59 Å². The first-order chi connectivity index (χ1) is 12.8. The van der Waals surface area contributed by atoms with Gasteiger partial charge in [-0.15, -0.1) is 0 Å². The van der Waals surface area contributed by atoms with Crippen LogP contribution in [0.1, 0.15) is 11.1 Å². The molecule has 1 aliphatic rings. The van der Waals surface area contributed by atoms with Crippen LogP contribution in [-0.2, 0) is 15.1 Å². The third kappa shape index (κ3) is 3.60. The standard InChI is InChI=1S/C18H14Cl3N3O3/c19-18(20,21)14(22)27-11-24-15(25)17(23-16(24)26,12-7-3-1-4-8-12)13-9-5-2-6-10-13/h1-10,22H,11H2,(H,23,26). The summed E-state index contributed by atoms with van der Waals surface area (Å²) in [6.45, 7) is -0.557. The van der Waals surface area contributed by atoms with Crippen LogP contribution in [0.5, 0.6) is 0 Å². The molecule has 0 spiro atoms. The largest absolute Gasteiger partial charge is 0.456 e. The van der Waals surface area contributed by atoms with Crippen LogP contribution >= 0.6 is 34.8 Å². The molecule has 9 heteroatoms. The van der Waals surface area contributed by atoms with Crippen molar-refractivity contribution in [2.24, 2.45) is 0 Å². The highest BCUT2D eigenvalue weighted by Gasteiger charge is 2.54. The first-order valence-corrected chi connectivity index (χ1v) is 8.94. The van der Waals surface area contributed by atoms with E-state index in [0.717, 1.165) is 4.90 Å². The Bertz CT molecular complexity index is 830. The Morgan fingerprint density at radius 3 is 1.93 bits per heavy atom. The minimum absolute atomic E-state index is 0.554. The molecule has 1 heterocycles.